The number of urea groups is 1. The fourth-order valence-electron chi connectivity index (χ4n) is 2.31. The van der Waals surface area contributed by atoms with Crippen LogP contribution in [0.15, 0.2) is 24.3 Å². The van der Waals surface area contributed by atoms with Gasteiger partial charge in [-0.15, -0.1) is 0 Å². The van der Waals surface area contributed by atoms with Crippen LogP contribution in [0.3, 0.4) is 0 Å². The molecule has 1 aromatic carbocycles. The number of nitrogens with one attached hydrogen (secondary N) is 2. The van der Waals surface area contributed by atoms with Gasteiger partial charge in [-0.05, 0) is 43.4 Å². The first kappa shape index (κ1) is 17.0. The van der Waals surface area contributed by atoms with Gasteiger partial charge in [-0.1, -0.05) is 32.4 Å². The van der Waals surface area contributed by atoms with Crippen LogP contribution in [0.25, 0.3) is 0 Å². The molecule has 2 amide bonds. The predicted molar refractivity (Wildman–Crippen MR) is 86.2 cm³/mol. The highest BCUT2D eigenvalue weighted by molar-refractivity contribution is 5.89. The van der Waals surface area contributed by atoms with Gasteiger partial charge in [0.1, 0.15) is 0 Å². The van der Waals surface area contributed by atoms with Gasteiger partial charge in [0.25, 0.3) is 0 Å². The van der Waals surface area contributed by atoms with E-state index >= 15 is 0 Å². The lowest BCUT2D eigenvalue weighted by Crippen LogP contribution is -2.34. The monoisotopic (exact) mass is 287 g/mol. The Kier molecular flexibility index (Phi) is 6.74. The normalized spacial score (nSPS) is 13.3. The summed E-state index contributed by atoms with van der Waals surface area (Å²) >= 11 is 0. The van der Waals surface area contributed by atoms with Gasteiger partial charge in [-0.25, -0.2) is 4.79 Å². The molecule has 2 unspecified atom stereocenters. The fraction of sp³-hybridized carbons (Fsp3) is 0.529. The first-order chi connectivity index (χ1) is 9.97. The summed E-state index contributed by atoms with van der Waals surface area (Å²) in [7, 11) is 0. The molecule has 0 aliphatic carbocycles. The van der Waals surface area contributed by atoms with Crippen LogP contribution in [0, 0.1) is 17.2 Å². The van der Waals surface area contributed by atoms with Crippen molar-refractivity contribution in [3.8, 4) is 6.07 Å². The topological polar surface area (TPSA) is 64.9 Å². The molecule has 0 saturated carbocycles. The number of benzene rings is 1. The number of hydrogen-bond acceptors (Lipinski definition) is 2. The maximum atomic E-state index is 11.7. The standard InChI is InChI=1S/C17H25N3O/c1-5-13(4)16(9-10-18)14-7-6-8-15(11-14)20-17(21)19-12(2)3/h6-8,11-13,16H,5,9H2,1-4H3,(H2,19,20,21). The number of carbonyl (C=O) groups excluding carboxylic acids is 1. The molecule has 21 heavy (non-hydrogen) atoms. The molecule has 2 atom stereocenters. The maximum absolute atomic E-state index is 11.7. The Bertz CT molecular complexity index is 505. The van der Waals surface area contributed by atoms with Gasteiger partial charge in [0, 0.05) is 18.2 Å². The molecule has 0 saturated heterocycles. The van der Waals surface area contributed by atoms with Crippen LogP contribution in [-0.2, 0) is 0 Å². The molecule has 0 bridgehead atoms. The lowest BCUT2D eigenvalue weighted by molar-refractivity contribution is 0.250. The van der Waals surface area contributed by atoms with E-state index in [0.29, 0.717) is 12.3 Å². The first-order valence-electron chi connectivity index (χ1n) is 7.52. The van der Waals surface area contributed by atoms with Gasteiger partial charge in [0.2, 0.25) is 0 Å². The van der Waals surface area contributed by atoms with Crippen molar-refractivity contribution in [3.05, 3.63) is 29.8 Å². The molecule has 2 N–H and O–H groups in total. The second kappa shape index (κ2) is 8.31. The highest BCUT2D eigenvalue weighted by atomic mass is 16.2. The summed E-state index contributed by atoms with van der Waals surface area (Å²) in [4.78, 5) is 11.7. The van der Waals surface area contributed by atoms with Crippen LogP contribution in [0.2, 0.25) is 0 Å². The van der Waals surface area contributed by atoms with Crippen molar-refractivity contribution in [1.82, 2.24) is 5.32 Å². The minimum atomic E-state index is -0.206. The third-order valence-corrected chi connectivity index (χ3v) is 3.63. The molecular weight excluding hydrogens is 262 g/mol. The molecular formula is C17H25N3O. The Morgan fingerprint density at radius 3 is 2.62 bits per heavy atom. The molecule has 1 rings (SSSR count). The van der Waals surface area contributed by atoms with E-state index in [9.17, 15) is 4.79 Å². The first-order valence-corrected chi connectivity index (χ1v) is 7.52. The Hall–Kier alpha value is -2.02. The van der Waals surface area contributed by atoms with Crippen LogP contribution in [-0.4, -0.2) is 12.1 Å². The maximum Gasteiger partial charge on any atom is 0.319 e. The van der Waals surface area contributed by atoms with E-state index < -0.39 is 0 Å². The Morgan fingerprint density at radius 2 is 2.05 bits per heavy atom. The summed E-state index contributed by atoms with van der Waals surface area (Å²) in [5.74, 6) is 0.638. The fourth-order valence-corrected chi connectivity index (χ4v) is 2.31. The van der Waals surface area contributed by atoms with Crippen LogP contribution < -0.4 is 10.6 Å². The lowest BCUT2D eigenvalue weighted by atomic mass is 9.83. The van der Waals surface area contributed by atoms with Gasteiger partial charge in [0.05, 0.1) is 6.07 Å². The minimum absolute atomic E-state index is 0.0969. The van der Waals surface area contributed by atoms with E-state index in [-0.39, 0.29) is 18.0 Å². The average Bonchev–Trinajstić information content (AvgIpc) is 2.43. The molecule has 4 heteroatoms. The summed E-state index contributed by atoms with van der Waals surface area (Å²) in [5.41, 5.74) is 1.87. The van der Waals surface area contributed by atoms with Crippen molar-refractivity contribution in [2.75, 3.05) is 5.32 Å². The van der Waals surface area contributed by atoms with E-state index in [1.165, 1.54) is 0 Å². The number of nitriles is 1. The summed E-state index contributed by atoms with van der Waals surface area (Å²) in [6, 6.07) is 9.94. The zero-order valence-corrected chi connectivity index (χ0v) is 13.3. The SMILES string of the molecule is CCC(C)C(CC#N)c1cccc(NC(=O)NC(C)C)c1. The van der Waals surface area contributed by atoms with Gasteiger partial charge in [-0.3, -0.25) is 0 Å². The van der Waals surface area contributed by atoms with Gasteiger partial charge in [0.15, 0.2) is 0 Å². The van der Waals surface area contributed by atoms with Crippen LogP contribution >= 0.6 is 0 Å². The van der Waals surface area contributed by atoms with Crippen molar-refractivity contribution in [3.63, 3.8) is 0 Å². The predicted octanol–water partition coefficient (Wildman–Crippen LogP) is 4.26. The van der Waals surface area contributed by atoms with E-state index in [0.717, 1.165) is 17.7 Å². The highest BCUT2D eigenvalue weighted by Gasteiger charge is 2.18. The third-order valence-electron chi connectivity index (χ3n) is 3.63. The summed E-state index contributed by atoms with van der Waals surface area (Å²) < 4.78 is 0. The third kappa shape index (κ3) is 5.47. The Morgan fingerprint density at radius 1 is 1.33 bits per heavy atom. The number of hydrogen-bond donors (Lipinski definition) is 2. The van der Waals surface area contributed by atoms with Gasteiger partial charge < -0.3 is 10.6 Å². The molecule has 0 aliphatic heterocycles. The van der Waals surface area contributed by atoms with E-state index in [4.69, 9.17) is 5.26 Å². The molecule has 0 radical (unpaired) electrons. The van der Waals surface area contributed by atoms with E-state index in [1.54, 1.807) is 0 Å². The summed E-state index contributed by atoms with van der Waals surface area (Å²) in [5, 5.41) is 14.7. The number of carbonyl (C=O) groups is 1. The number of anilines is 1. The van der Waals surface area contributed by atoms with Crippen LogP contribution in [0.4, 0.5) is 10.5 Å². The number of amides is 2. The molecule has 4 nitrogen and oxygen atoms in total. The molecule has 1 aromatic rings. The van der Waals surface area contributed by atoms with Crippen molar-refractivity contribution in [2.45, 2.75) is 52.5 Å². The highest BCUT2D eigenvalue weighted by Crippen LogP contribution is 2.31. The molecule has 0 heterocycles. The minimum Gasteiger partial charge on any atom is -0.336 e. The van der Waals surface area contributed by atoms with Gasteiger partial charge in [-0.2, -0.15) is 5.26 Å². The van der Waals surface area contributed by atoms with Crippen LogP contribution in [0.5, 0.6) is 0 Å². The van der Waals surface area contributed by atoms with E-state index in [2.05, 4.69) is 30.6 Å². The quantitative estimate of drug-likeness (QED) is 0.821. The average molecular weight is 287 g/mol. The molecule has 114 valence electrons. The molecule has 0 fully saturated rings. The second-order valence-electron chi connectivity index (χ2n) is 5.73. The summed E-state index contributed by atoms with van der Waals surface area (Å²) in [6.45, 7) is 8.13. The zero-order chi connectivity index (χ0) is 15.8. The lowest BCUT2D eigenvalue weighted by Gasteiger charge is -2.21. The van der Waals surface area contributed by atoms with E-state index in [1.807, 2.05) is 38.1 Å². The van der Waals surface area contributed by atoms with Gasteiger partial charge >= 0.3 is 6.03 Å². The van der Waals surface area contributed by atoms with Crippen molar-refractivity contribution in [2.24, 2.45) is 5.92 Å². The second-order valence-corrected chi connectivity index (χ2v) is 5.73. The summed E-state index contributed by atoms with van der Waals surface area (Å²) in [6.07, 6.45) is 1.52. The smallest absolute Gasteiger partial charge is 0.319 e. The largest absolute Gasteiger partial charge is 0.336 e. The van der Waals surface area contributed by atoms with Crippen molar-refractivity contribution < 1.29 is 4.79 Å². The zero-order valence-electron chi connectivity index (χ0n) is 13.3. The molecule has 0 aromatic heterocycles. The molecule has 0 aliphatic rings. The van der Waals surface area contributed by atoms with Crippen molar-refractivity contribution in [1.29, 1.82) is 5.26 Å². The van der Waals surface area contributed by atoms with Crippen LogP contribution in [0.1, 0.15) is 52.0 Å². The van der Waals surface area contributed by atoms with Crippen molar-refractivity contribution >= 4 is 11.7 Å². The molecule has 0 spiro atoms. The number of nitrogens with zero attached hydrogens (tertiary/aromatic N) is 1. The number of rotatable bonds is 6. The Balaban J connectivity index is 2.88. The Labute approximate surface area is 127 Å².